The van der Waals surface area contributed by atoms with Crippen LogP contribution in [-0.4, -0.2) is 28.6 Å². The number of rotatable bonds is 4. The van der Waals surface area contributed by atoms with Crippen LogP contribution in [0.2, 0.25) is 0 Å². The Kier molecular flexibility index (Phi) is 4.61. The number of hydrogen-bond donors (Lipinski definition) is 0. The van der Waals surface area contributed by atoms with E-state index in [9.17, 15) is 4.79 Å². The molecule has 4 heteroatoms. The summed E-state index contributed by atoms with van der Waals surface area (Å²) in [5, 5.41) is 3.99. The quantitative estimate of drug-likeness (QED) is 0.838. The van der Waals surface area contributed by atoms with Crippen LogP contribution in [0.3, 0.4) is 0 Å². The van der Waals surface area contributed by atoms with Crippen LogP contribution in [0.1, 0.15) is 67.8 Å². The summed E-state index contributed by atoms with van der Waals surface area (Å²) in [5.74, 6) is 0.751. The fraction of sp³-hybridized carbons (Fsp3) is 0.733. The van der Waals surface area contributed by atoms with Gasteiger partial charge in [0.15, 0.2) is 0 Å². The molecule has 0 radical (unpaired) electrons. The first-order chi connectivity index (χ1) is 9.19. The minimum Gasteiger partial charge on any atom is -0.361 e. The Bertz CT molecular complexity index is 433. The van der Waals surface area contributed by atoms with Gasteiger partial charge in [-0.2, -0.15) is 0 Å². The van der Waals surface area contributed by atoms with E-state index in [0.717, 1.165) is 31.5 Å². The van der Waals surface area contributed by atoms with E-state index >= 15 is 0 Å². The molecule has 0 unspecified atom stereocenters. The number of aryl methyl sites for hydroxylation is 2. The lowest BCUT2D eigenvalue weighted by Gasteiger charge is -2.33. The number of nitrogens with zero attached hydrogens (tertiary/aromatic N) is 2. The van der Waals surface area contributed by atoms with Crippen molar-refractivity contribution in [1.29, 1.82) is 0 Å². The lowest BCUT2D eigenvalue weighted by molar-refractivity contribution is 0.0645. The molecule has 0 saturated heterocycles. The molecule has 1 aliphatic carbocycles. The van der Waals surface area contributed by atoms with E-state index in [-0.39, 0.29) is 5.91 Å². The van der Waals surface area contributed by atoms with Gasteiger partial charge in [0.05, 0.1) is 5.69 Å². The highest BCUT2D eigenvalue weighted by Gasteiger charge is 2.29. The predicted octanol–water partition coefficient (Wildman–Crippen LogP) is 3.34. The largest absolute Gasteiger partial charge is 0.361 e. The molecule has 0 spiro atoms. The zero-order valence-electron chi connectivity index (χ0n) is 12.2. The average Bonchev–Trinajstić information content (AvgIpc) is 2.81. The van der Waals surface area contributed by atoms with Crippen LogP contribution in [0.25, 0.3) is 0 Å². The zero-order chi connectivity index (χ0) is 13.8. The van der Waals surface area contributed by atoms with Crippen molar-refractivity contribution in [1.82, 2.24) is 10.1 Å². The average molecular weight is 264 g/mol. The van der Waals surface area contributed by atoms with Gasteiger partial charge in [-0.15, -0.1) is 0 Å². The van der Waals surface area contributed by atoms with Gasteiger partial charge in [0.2, 0.25) is 0 Å². The smallest absolute Gasteiger partial charge is 0.259 e. The lowest BCUT2D eigenvalue weighted by atomic mass is 9.93. The third-order valence-electron chi connectivity index (χ3n) is 4.10. The second-order valence-electron chi connectivity index (χ2n) is 5.30. The van der Waals surface area contributed by atoms with Gasteiger partial charge < -0.3 is 9.42 Å². The van der Waals surface area contributed by atoms with Crippen LogP contribution < -0.4 is 0 Å². The molecule has 0 bridgehead atoms. The van der Waals surface area contributed by atoms with Crippen molar-refractivity contribution in [3.05, 3.63) is 17.0 Å². The van der Waals surface area contributed by atoms with Gasteiger partial charge in [0.1, 0.15) is 11.3 Å². The topological polar surface area (TPSA) is 46.3 Å². The van der Waals surface area contributed by atoms with Crippen molar-refractivity contribution in [3.63, 3.8) is 0 Å². The van der Waals surface area contributed by atoms with Crippen molar-refractivity contribution in [3.8, 4) is 0 Å². The molecule has 1 fully saturated rings. The molecule has 0 aromatic carbocycles. The minimum atomic E-state index is 0.102. The second kappa shape index (κ2) is 6.22. The molecular weight excluding hydrogens is 240 g/mol. The molecule has 1 aliphatic rings. The maximum Gasteiger partial charge on any atom is 0.259 e. The lowest BCUT2D eigenvalue weighted by Crippen LogP contribution is -2.41. The van der Waals surface area contributed by atoms with Crippen molar-refractivity contribution in [2.75, 3.05) is 6.54 Å². The van der Waals surface area contributed by atoms with Crippen molar-refractivity contribution in [2.45, 2.75) is 65.3 Å². The fourth-order valence-electron chi connectivity index (χ4n) is 3.04. The number of hydrogen-bond acceptors (Lipinski definition) is 3. The van der Waals surface area contributed by atoms with E-state index in [1.54, 1.807) is 0 Å². The molecule has 1 aromatic heterocycles. The maximum atomic E-state index is 12.8. The number of amides is 1. The summed E-state index contributed by atoms with van der Waals surface area (Å²) in [6.07, 6.45) is 6.77. The third-order valence-corrected chi connectivity index (χ3v) is 4.10. The molecular formula is C15H24N2O2. The summed E-state index contributed by atoms with van der Waals surface area (Å²) in [4.78, 5) is 14.8. The Labute approximate surface area is 115 Å². The number of carbonyl (C=O) groups is 1. The Morgan fingerprint density at radius 2 is 2.00 bits per heavy atom. The Hall–Kier alpha value is -1.32. The molecule has 1 amide bonds. The summed E-state index contributed by atoms with van der Waals surface area (Å²) in [6, 6.07) is 0.394. The molecule has 1 heterocycles. The summed E-state index contributed by atoms with van der Waals surface area (Å²) in [6.45, 7) is 6.65. The van der Waals surface area contributed by atoms with Gasteiger partial charge in [-0.05, 0) is 33.1 Å². The van der Waals surface area contributed by atoms with Gasteiger partial charge in [0.25, 0.3) is 5.91 Å². The molecule has 19 heavy (non-hydrogen) atoms. The Balaban J connectivity index is 2.22. The van der Waals surface area contributed by atoms with Gasteiger partial charge in [-0.3, -0.25) is 4.79 Å². The predicted molar refractivity (Wildman–Crippen MR) is 74.2 cm³/mol. The maximum absolute atomic E-state index is 12.8. The molecule has 0 aliphatic heterocycles. The van der Waals surface area contributed by atoms with E-state index in [2.05, 4.69) is 12.1 Å². The summed E-state index contributed by atoms with van der Waals surface area (Å²) in [7, 11) is 0. The zero-order valence-corrected chi connectivity index (χ0v) is 12.2. The number of carbonyl (C=O) groups excluding carboxylic acids is 1. The monoisotopic (exact) mass is 264 g/mol. The molecule has 0 N–H and O–H groups in total. The van der Waals surface area contributed by atoms with Crippen LogP contribution in [0.15, 0.2) is 4.52 Å². The molecule has 4 nitrogen and oxygen atoms in total. The Morgan fingerprint density at radius 1 is 1.32 bits per heavy atom. The fourth-order valence-corrected chi connectivity index (χ4v) is 3.04. The van der Waals surface area contributed by atoms with Gasteiger partial charge in [0, 0.05) is 12.6 Å². The van der Waals surface area contributed by atoms with Crippen LogP contribution in [0, 0.1) is 6.92 Å². The molecule has 106 valence electrons. The second-order valence-corrected chi connectivity index (χ2v) is 5.30. The van der Waals surface area contributed by atoms with Crippen molar-refractivity contribution < 1.29 is 9.32 Å². The normalized spacial score (nSPS) is 16.6. The standard InChI is InChI=1S/C15H24N2O2/c1-4-13-14(11(3)19-16-13)15(18)17(5-2)12-9-7-6-8-10-12/h12H,4-10H2,1-3H3. The van der Waals surface area contributed by atoms with Crippen LogP contribution in [0.5, 0.6) is 0 Å². The van der Waals surface area contributed by atoms with E-state index in [1.165, 1.54) is 19.3 Å². The molecule has 1 saturated carbocycles. The molecule has 0 atom stereocenters. The highest BCUT2D eigenvalue weighted by molar-refractivity contribution is 5.96. The molecule has 1 aromatic rings. The Morgan fingerprint density at radius 3 is 2.58 bits per heavy atom. The van der Waals surface area contributed by atoms with E-state index in [0.29, 0.717) is 17.4 Å². The van der Waals surface area contributed by atoms with Crippen molar-refractivity contribution in [2.24, 2.45) is 0 Å². The summed E-state index contributed by atoms with van der Waals surface area (Å²) >= 11 is 0. The van der Waals surface area contributed by atoms with E-state index < -0.39 is 0 Å². The van der Waals surface area contributed by atoms with Gasteiger partial charge >= 0.3 is 0 Å². The van der Waals surface area contributed by atoms with Crippen LogP contribution in [-0.2, 0) is 6.42 Å². The van der Waals surface area contributed by atoms with E-state index in [1.807, 2.05) is 18.7 Å². The highest BCUT2D eigenvalue weighted by atomic mass is 16.5. The van der Waals surface area contributed by atoms with Gasteiger partial charge in [-0.1, -0.05) is 31.3 Å². The first-order valence-corrected chi connectivity index (χ1v) is 7.45. The van der Waals surface area contributed by atoms with E-state index in [4.69, 9.17) is 4.52 Å². The van der Waals surface area contributed by atoms with Gasteiger partial charge in [-0.25, -0.2) is 0 Å². The van der Waals surface area contributed by atoms with Crippen molar-refractivity contribution >= 4 is 5.91 Å². The number of aromatic nitrogens is 1. The third kappa shape index (κ3) is 2.82. The molecule has 2 rings (SSSR count). The summed E-state index contributed by atoms with van der Waals surface area (Å²) < 4.78 is 5.19. The first-order valence-electron chi connectivity index (χ1n) is 7.45. The first kappa shape index (κ1) is 14.1. The highest BCUT2D eigenvalue weighted by Crippen LogP contribution is 2.25. The van der Waals surface area contributed by atoms with Crippen LogP contribution in [0.4, 0.5) is 0 Å². The summed E-state index contributed by atoms with van der Waals surface area (Å²) in [5.41, 5.74) is 1.48. The minimum absolute atomic E-state index is 0.102. The van der Waals surface area contributed by atoms with Crippen LogP contribution >= 0.6 is 0 Å². The SMILES string of the molecule is CCc1noc(C)c1C(=O)N(CC)C1CCCCC1.